The topological polar surface area (TPSA) is 107 Å². The molecule has 0 atom stereocenters. The zero-order chi connectivity index (χ0) is 26.4. The number of carbonyl (C=O) groups excluding carboxylic acids is 1. The van der Waals surface area contributed by atoms with Gasteiger partial charge in [0.15, 0.2) is 0 Å². The van der Waals surface area contributed by atoms with Crippen LogP contribution < -0.4 is 10.6 Å². The van der Waals surface area contributed by atoms with E-state index in [1.807, 2.05) is 18.3 Å². The lowest BCUT2D eigenvalue weighted by Gasteiger charge is -2.22. The molecule has 3 heterocycles. The highest BCUT2D eigenvalue weighted by molar-refractivity contribution is 5.97. The van der Waals surface area contributed by atoms with E-state index < -0.39 is 12.1 Å². The number of hydrogen-bond donors (Lipinski definition) is 4. The molecule has 2 aliphatic rings. The minimum atomic E-state index is -5.08. The maximum Gasteiger partial charge on any atom is 0.490 e. The Hall–Kier alpha value is -3.66. The standard InChI is InChI=1S/C25H28N4O.C2HF3O2/c30-25-21-15-24(29-22(21)11-13-27-25)19-10-12-26-23(14-19)18-8-6-17(7-9-18)16-28-20-4-2-1-3-5-20;3-2(4,5)1(6)7/h6-10,12,14-15,20,28-29H,1-5,11,13,16H2,(H,27,30);(H,6,7). The largest absolute Gasteiger partial charge is 0.490 e. The highest BCUT2D eigenvalue weighted by Gasteiger charge is 2.38. The van der Waals surface area contributed by atoms with Gasteiger partial charge in [-0.15, -0.1) is 0 Å². The zero-order valence-electron chi connectivity index (χ0n) is 20.2. The molecule has 5 rings (SSSR count). The summed E-state index contributed by atoms with van der Waals surface area (Å²) in [7, 11) is 0. The Morgan fingerprint density at radius 2 is 1.76 bits per heavy atom. The number of alkyl halides is 3. The van der Waals surface area contributed by atoms with Gasteiger partial charge in [0.05, 0.1) is 11.3 Å². The van der Waals surface area contributed by atoms with Gasteiger partial charge in [-0.05, 0) is 36.6 Å². The minimum Gasteiger partial charge on any atom is -0.475 e. The fourth-order valence-electron chi connectivity index (χ4n) is 4.57. The SMILES string of the molecule is O=C(O)C(F)(F)F.O=C1NCCc2[nH]c(-c3ccnc(-c4ccc(CNC5CCCCC5)cc4)c3)cc21. The van der Waals surface area contributed by atoms with E-state index in [-0.39, 0.29) is 5.91 Å². The molecule has 0 radical (unpaired) electrons. The number of nitrogens with one attached hydrogen (secondary N) is 3. The highest BCUT2D eigenvalue weighted by atomic mass is 19.4. The number of carboxylic acid groups (broad SMARTS) is 1. The maximum atomic E-state index is 12.1. The van der Waals surface area contributed by atoms with Gasteiger partial charge in [-0.1, -0.05) is 43.5 Å². The molecule has 4 N–H and O–H groups in total. The molecule has 0 saturated heterocycles. The van der Waals surface area contributed by atoms with Crippen molar-refractivity contribution in [1.82, 2.24) is 20.6 Å². The van der Waals surface area contributed by atoms with E-state index in [9.17, 15) is 18.0 Å². The number of nitrogens with zero attached hydrogens (tertiary/aromatic N) is 1. The van der Waals surface area contributed by atoms with Gasteiger partial charge in [-0.25, -0.2) is 4.79 Å². The van der Waals surface area contributed by atoms with Gasteiger partial charge in [0, 0.05) is 54.3 Å². The van der Waals surface area contributed by atoms with Crippen LogP contribution in [0.15, 0.2) is 48.7 Å². The molecule has 1 aromatic carbocycles. The van der Waals surface area contributed by atoms with E-state index in [4.69, 9.17) is 9.90 Å². The average molecular weight is 515 g/mol. The van der Waals surface area contributed by atoms with Crippen LogP contribution in [-0.4, -0.2) is 45.7 Å². The molecule has 1 aliphatic carbocycles. The van der Waals surface area contributed by atoms with Gasteiger partial charge in [-0.2, -0.15) is 13.2 Å². The van der Waals surface area contributed by atoms with Crippen molar-refractivity contribution in [3.05, 3.63) is 65.5 Å². The van der Waals surface area contributed by atoms with Gasteiger partial charge in [0.1, 0.15) is 0 Å². The second-order valence-electron chi connectivity index (χ2n) is 9.23. The number of H-pyrrole nitrogens is 1. The first-order chi connectivity index (χ1) is 17.7. The number of hydrogen-bond acceptors (Lipinski definition) is 4. The monoisotopic (exact) mass is 514 g/mol. The Balaban J connectivity index is 0.000000405. The van der Waals surface area contributed by atoms with Crippen LogP contribution in [0.3, 0.4) is 0 Å². The Morgan fingerprint density at radius 1 is 1.05 bits per heavy atom. The molecule has 0 unspecified atom stereocenters. The summed E-state index contributed by atoms with van der Waals surface area (Å²) in [5, 5.41) is 13.7. The quantitative estimate of drug-likeness (QED) is 0.380. The van der Waals surface area contributed by atoms with Crippen LogP contribution in [0.5, 0.6) is 0 Å². The number of carboxylic acids is 1. The molecule has 1 amide bonds. The highest BCUT2D eigenvalue weighted by Crippen LogP contribution is 2.27. The number of aromatic amines is 1. The van der Waals surface area contributed by atoms with Crippen molar-refractivity contribution in [3.63, 3.8) is 0 Å². The Bertz CT molecular complexity index is 1230. The van der Waals surface area contributed by atoms with Gasteiger partial charge >= 0.3 is 12.1 Å². The maximum absolute atomic E-state index is 12.1. The van der Waals surface area contributed by atoms with Crippen molar-refractivity contribution in [3.8, 4) is 22.5 Å². The molecule has 2 aromatic heterocycles. The number of aliphatic carboxylic acids is 1. The number of aromatic nitrogens is 2. The molecule has 7 nitrogen and oxygen atoms in total. The van der Waals surface area contributed by atoms with Gasteiger partial charge < -0.3 is 20.7 Å². The van der Waals surface area contributed by atoms with Crippen molar-refractivity contribution in [2.45, 2.75) is 57.3 Å². The lowest BCUT2D eigenvalue weighted by molar-refractivity contribution is -0.192. The molecule has 1 saturated carbocycles. The third kappa shape index (κ3) is 6.97. The summed E-state index contributed by atoms with van der Waals surface area (Å²) in [4.78, 5) is 28.9. The van der Waals surface area contributed by atoms with Gasteiger partial charge in [0.2, 0.25) is 0 Å². The van der Waals surface area contributed by atoms with E-state index in [2.05, 4.69) is 50.9 Å². The van der Waals surface area contributed by atoms with Crippen LogP contribution in [0.25, 0.3) is 22.5 Å². The van der Waals surface area contributed by atoms with Crippen LogP contribution in [-0.2, 0) is 17.8 Å². The van der Waals surface area contributed by atoms with Crippen molar-refractivity contribution in [2.24, 2.45) is 0 Å². The summed E-state index contributed by atoms with van der Waals surface area (Å²) < 4.78 is 31.7. The molecule has 37 heavy (non-hydrogen) atoms. The number of amides is 1. The zero-order valence-corrected chi connectivity index (χ0v) is 20.2. The van der Waals surface area contributed by atoms with Crippen LogP contribution in [0.2, 0.25) is 0 Å². The summed E-state index contributed by atoms with van der Waals surface area (Å²) >= 11 is 0. The summed E-state index contributed by atoms with van der Waals surface area (Å²) in [5.74, 6) is -2.75. The first-order valence-corrected chi connectivity index (χ1v) is 12.3. The molecular formula is C27H29F3N4O3. The fraction of sp³-hybridized carbons (Fsp3) is 0.370. The minimum absolute atomic E-state index is 0.00505. The van der Waals surface area contributed by atoms with Crippen LogP contribution in [0.4, 0.5) is 13.2 Å². The third-order valence-corrected chi connectivity index (χ3v) is 6.57. The normalized spacial score (nSPS) is 15.8. The van der Waals surface area contributed by atoms with Crippen molar-refractivity contribution < 1.29 is 27.9 Å². The van der Waals surface area contributed by atoms with Crippen LogP contribution in [0.1, 0.15) is 53.7 Å². The number of benzene rings is 1. The number of pyridine rings is 1. The lowest BCUT2D eigenvalue weighted by Crippen LogP contribution is -2.31. The number of fused-ring (bicyclic) bond motifs is 1. The van der Waals surface area contributed by atoms with Gasteiger partial charge in [0.25, 0.3) is 5.91 Å². The Labute approximate surface area is 212 Å². The number of rotatable bonds is 5. The summed E-state index contributed by atoms with van der Waals surface area (Å²) in [5.41, 5.74) is 7.14. The van der Waals surface area contributed by atoms with Gasteiger partial charge in [-0.3, -0.25) is 9.78 Å². The molecular weight excluding hydrogens is 485 g/mol. The molecule has 0 spiro atoms. The van der Waals surface area contributed by atoms with Crippen LogP contribution >= 0.6 is 0 Å². The lowest BCUT2D eigenvalue weighted by atomic mass is 9.95. The Kier molecular flexibility index (Phi) is 8.27. The molecule has 10 heteroatoms. The predicted molar refractivity (Wildman–Crippen MR) is 133 cm³/mol. The third-order valence-electron chi connectivity index (χ3n) is 6.57. The summed E-state index contributed by atoms with van der Waals surface area (Å²) in [6, 6.07) is 15.4. The molecule has 3 aromatic rings. The predicted octanol–water partition coefficient (Wildman–Crippen LogP) is 5.09. The van der Waals surface area contributed by atoms with E-state index >= 15 is 0 Å². The smallest absolute Gasteiger partial charge is 0.475 e. The van der Waals surface area contributed by atoms with Crippen LogP contribution in [0, 0.1) is 0 Å². The van der Waals surface area contributed by atoms with Crippen molar-refractivity contribution in [2.75, 3.05) is 6.54 Å². The number of halogens is 3. The van der Waals surface area contributed by atoms with E-state index in [0.717, 1.165) is 46.7 Å². The summed E-state index contributed by atoms with van der Waals surface area (Å²) in [6.45, 7) is 1.61. The average Bonchev–Trinajstić information content (AvgIpc) is 3.34. The van der Waals surface area contributed by atoms with E-state index in [1.54, 1.807) is 0 Å². The van der Waals surface area contributed by atoms with E-state index in [1.165, 1.54) is 37.7 Å². The van der Waals surface area contributed by atoms with Crippen molar-refractivity contribution >= 4 is 11.9 Å². The second-order valence-corrected chi connectivity index (χ2v) is 9.23. The molecule has 0 bridgehead atoms. The second kappa shape index (κ2) is 11.6. The first-order valence-electron chi connectivity index (χ1n) is 12.3. The molecule has 196 valence electrons. The molecule has 1 fully saturated rings. The van der Waals surface area contributed by atoms with Crippen molar-refractivity contribution in [1.29, 1.82) is 0 Å². The fourth-order valence-corrected chi connectivity index (χ4v) is 4.57. The number of carbonyl (C=O) groups is 2. The Morgan fingerprint density at radius 3 is 2.41 bits per heavy atom. The first kappa shape index (κ1) is 26.4. The van der Waals surface area contributed by atoms with E-state index in [0.29, 0.717) is 12.6 Å². The summed E-state index contributed by atoms with van der Waals surface area (Å²) in [6.07, 6.45) is 4.30. The molecule has 1 aliphatic heterocycles.